The van der Waals surface area contributed by atoms with Crippen LogP contribution < -0.4 is 5.32 Å². The topological polar surface area (TPSA) is 47.6 Å². The quantitative estimate of drug-likeness (QED) is 0.490. The predicted molar refractivity (Wildman–Crippen MR) is 59.8 cm³/mol. The van der Waals surface area contributed by atoms with Crippen molar-refractivity contribution in [3.63, 3.8) is 0 Å². The van der Waals surface area contributed by atoms with Crippen LogP contribution in [0.25, 0.3) is 0 Å². The number of nitrogens with one attached hydrogen (secondary N) is 1. The predicted octanol–water partition coefficient (Wildman–Crippen LogP) is 1.20. The van der Waals surface area contributed by atoms with E-state index in [4.69, 9.17) is 4.74 Å². The summed E-state index contributed by atoms with van der Waals surface area (Å²) in [5.74, 6) is -0.260. The van der Waals surface area contributed by atoms with Gasteiger partial charge in [-0.2, -0.15) is 0 Å². The summed E-state index contributed by atoms with van der Waals surface area (Å²) >= 11 is 0. The Labute approximate surface area is 92.3 Å². The molecule has 0 radical (unpaired) electrons. The van der Waals surface area contributed by atoms with Crippen molar-refractivity contribution in [1.29, 1.82) is 0 Å². The van der Waals surface area contributed by atoms with Crippen LogP contribution >= 0.6 is 0 Å². The number of unbranched alkanes of at least 4 members (excludes halogenated alkanes) is 1. The van der Waals surface area contributed by atoms with Gasteiger partial charge in [0.05, 0.1) is 13.0 Å². The highest BCUT2D eigenvalue weighted by atomic mass is 16.5. The molecule has 0 spiro atoms. The molecule has 0 aromatic carbocycles. The number of carbonyl (C=O) groups excluding carboxylic acids is 1. The van der Waals surface area contributed by atoms with Crippen LogP contribution in [0.2, 0.25) is 0 Å². The smallest absolute Gasteiger partial charge is 0.309 e. The van der Waals surface area contributed by atoms with Gasteiger partial charge in [0, 0.05) is 19.8 Å². The van der Waals surface area contributed by atoms with Gasteiger partial charge in [-0.1, -0.05) is 6.92 Å². The van der Waals surface area contributed by atoms with Gasteiger partial charge in [0.25, 0.3) is 0 Å². The molecular weight excluding hydrogens is 194 g/mol. The molecule has 0 saturated heterocycles. The van der Waals surface area contributed by atoms with Crippen molar-refractivity contribution in [1.82, 2.24) is 5.32 Å². The van der Waals surface area contributed by atoms with E-state index in [1.165, 1.54) is 7.11 Å². The molecule has 0 bridgehead atoms. The van der Waals surface area contributed by atoms with Crippen LogP contribution in [0.3, 0.4) is 0 Å². The molecule has 0 fully saturated rings. The van der Waals surface area contributed by atoms with Gasteiger partial charge >= 0.3 is 5.97 Å². The number of rotatable bonds is 8. The molecule has 2 unspecified atom stereocenters. The normalized spacial score (nSPS) is 14.7. The van der Waals surface area contributed by atoms with Gasteiger partial charge in [0.15, 0.2) is 0 Å². The van der Waals surface area contributed by atoms with E-state index in [0.717, 1.165) is 26.0 Å². The van der Waals surface area contributed by atoms with E-state index in [2.05, 4.69) is 10.1 Å². The van der Waals surface area contributed by atoms with Crippen molar-refractivity contribution in [2.75, 3.05) is 27.4 Å². The number of ether oxygens (including phenoxy) is 2. The third-order valence-corrected chi connectivity index (χ3v) is 2.56. The molecule has 2 atom stereocenters. The minimum absolute atomic E-state index is 0.0996. The van der Waals surface area contributed by atoms with Crippen LogP contribution in [-0.2, 0) is 14.3 Å². The fourth-order valence-electron chi connectivity index (χ4n) is 1.27. The molecule has 0 rings (SSSR count). The van der Waals surface area contributed by atoms with Crippen LogP contribution in [0.5, 0.6) is 0 Å². The largest absolute Gasteiger partial charge is 0.469 e. The Bertz CT molecular complexity index is 173. The van der Waals surface area contributed by atoms with Gasteiger partial charge < -0.3 is 14.8 Å². The third-order valence-electron chi connectivity index (χ3n) is 2.56. The van der Waals surface area contributed by atoms with Crippen LogP contribution in [0, 0.1) is 5.92 Å². The second-order valence-electron chi connectivity index (χ2n) is 3.75. The average Bonchev–Trinajstić information content (AvgIpc) is 2.26. The Balaban J connectivity index is 3.55. The first-order chi connectivity index (χ1) is 7.13. The summed E-state index contributed by atoms with van der Waals surface area (Å²) in [7, 11) is 3.12. The van der Waals surface area contributed by atoms with Crippen molar-refractivity contribution in [2.45, 2.75) is 32.7 Å². The van der Waals surface area contributed by atoms with Crippen LogP contribution in [-0.4, -0.2) is 39.4 Å². The Kier molecular flexibility index (Phi) is 8.33. The van der Waals surface area contributed by atoms with Gasteiger partial charge in [-0.05, 0) is 26.3 Å². The van der Waals surface area contributed by atoms with Gasteiger partial charge in [-0.3, -0.25) is 4.79 Å². The van der Waals surface area contributed by atoms with E-state index in [0.29, 0.717) is 0 Å². The van der Waals surface area contributed by atoms with Crippen molar-refractivity contribution in [3.8, 4) is 0 Å². The lowest BCUT2D eigenvalue weighted by atomic mass is 10.0. The zero-order valence-electron chi connectivity index (χ0n) is 10.2. The molecule has 0 aromatic heterocycles. The molecule has 0 heterocycles. The summed E-state index contributed by atoms with van der Waals surface area (Å²) in [5.41, 5.74) is 0. The second kappa shape index (κ2) is 8.68. The highest BCUT2D eigenvalue weighted by Gasteiger charge is 2.19. The standard InChI is InChI=1S/C11H23NO3/c1-9(11(13)15-4)10(2)12-7-5-6-8-14-3/h9-10,12H,5-8H2,1-4H3. The highest BCUT2D eigenvalue weighted by Crippen LogP contribution is 2.04. The minimum Gasteiger partial charge on any atom is -0.469 e. The number of methoxy groups -OCH3 is 2. The Morgan fingerprint density at radius 1 is 1.27 bits per heavy atom. The molecule has 0 aliphatic heterocycles. The Hall–Kier alpha value is -0.610. The van der Waals surface area contributed by atoms with Gasteiger partial charge in [0.1, 0.15) is 0 Å². The molecule has 0 aliphatic carbocycles. The average molecular weight is 217 g/mol. The molecular formula is C11H23NO3. The number of hydrogen-bond acceptors (Lipinski definition) is 4. The summed E-state index contributed by atoms with van der Waals surface area (Å²) < 4.78 is 9.63. The first-order valence-corrected chi connectivity index (χ1v) is 5.43. The maximum atomic E-state index is 11.2. The van der Waals surface area contributed by atoms with Gasteiger partial charge in [-0.15, -0.1) is 0 Å². The van der Waals surface area contributed by atoms with Crippen molar-refractivity contribution < 1.29 is 14.3 Å². The van der Waals surface area contributed by atoms with E-state index in [9.17, 15) is 4.79 Å². The maximum absolute atomic E-state index is 11.2. The van der Waals surface area contributed by atoms with Gasteiger partial charge in [-0.25, -0.2) is 0 Å². The first kappa shape index (κ1) is 14.4. The van der Waals surface area contributed by atoms with E-state index in [1.54, 1.807) is 7.11 Å². The SMILES string of the molecule is COCCCCNC(C)C(C)C(=O)OC. The fourth-order valence-corrected chi connectivity index (χ4v) is 1.27. The lowest BCUT2D eigenvalue weighted by molar-refractivity contribution is -0.145. The van der Waals surface area contributed by atoms with Crippen LogP contribution in [0.1, 0.15) is 26.7 Å². The van der Waals surface area contributed by atoms with Gasteiger partial charge in [0.2, 0.25) is 0 Å². The summed E-state index contributed by atoms with van der Waals surface area (Å²) in [6.07, 6.45) is 2.11. The fraction of sp³-hybridized carbons (Fsp3) is 0.909. The summed E-state index contributed by atoms with van der Waals surface area (Å²) in [4.78, 5) is 11.2. The summed E-state index contributed by atoms with van der Waals surface area (Å²) in [6.45, 7) is 5.57. The molecule has 0 amide bonds. The highest BCUT2D eigenvalue weighted by molar-refractivity contribution is 5.72. The van der Waals surface area contributed by atoms with Crippen molar-refractivity contribution in [3.05, 3.63) is 0 Å². The van der Waals surface area contributed by atoms with Crippen molar-refractivity contribution in [2.24, 2.45) is 5.92 Å². The number of esters is 1. The molecule has 0 saturated carbocycles. The maximum Gasteiger partial charge on any atom is 0.309 e. The molecule has 4 heteroatoms. The molecule has 4 nitrogen and oxygen atoms in total. The van der Waals surface area contributed by atoms with E-state index < -0.39 is 0 Å². The van der Waals surface area contributed by atoms with Crippen molar-refractivity contribution >= 4 is 5.97 Å². The van der Waals surface area contributed by atoms with E-state index >= 15 is 0 Å². The number of hydrogen-bond donors (Lipinski definition) is 1. The monoisotopic (exact) mass is 217 g/mol. The van der Waals surface area contributed by atoms with Crippen LogP contribution in [0.4, 0.5) is 0 Å². The molecule has 90 valence electrons. The first-order valence-electron chi connectivity index (χ1n) is 5.43. The number of carbonyl (C=O) groups is 1. The molecule has 1 N–H and O–H groups in total. The lowest BCUT2D eigenvalue weighted by Gasteiger charge is -2.19. The Morgan fingerprint density at radius 3 is 2.47 bits per heavy atom. The van der Waals surface area contributed by atoms with Crippen LogP contribution in [0.15, 0.2) is 0 Å². The third kappa shape index (κ3) is 6.47. The second-order valence-corrected chi connectivity index (χ2v) is 3.75. The summed E-state index contributed by atoms with van der Waals surface area (Å²) in [5, 5.41) is 3.30. The lowest BCUT2D eigenvalue weighted by Crippen LogP contribution is -2.37. The minimum atomic E-state index is -0.160. The van der Waals surface area contributed by atoms with E-state index in [1.807, 2.05) is 13.8 Å². The zero-order chi connectivity index (χ0) is 11.7. The van der Waals surface area contributed by atoms with E-state index in [-0.39, 0.29) is 17.9 Å². The molecule has 0 aliphatic rings. The molecule has 15 heavy (non-hydrogen) atoms. The summed E-state index contributed by atoms with van der Waals surface area (Å²) in [6, 6.07) is 0.153. The molecule has 0 aromatic rings. The Morgan fingerprint density at radius 2 is 1.93 bits per heavy atom. The zero-order valence-corrected chi connectivity index (χ0v) is 10.2.